The van der Waals surface area contributed by atoms with Crippen molar-refractivity contribution >= 4 is 23.3 Å². The molecule has 22 heavy (non-hydrogen) atoms. The standard InChI is InChI=1S/C19H15NO2/c21-14-15-11-12-18(13-19(15)22)20(16-7-3-1-4-8-16)17-9-5-2-6-10-17/h1-14,22H. The van der Waals surface area contributed by atoms with E-state index < -0.39 is 0 Å². The third-order valence-corrected chi connectivity index (χ3v) is 3.43. The molecular weight excluding hydrogens is 274 g/mol. The lowest BCUT2D eigenvalue weighted by molar-refractivity contribution is 0.112. The van der Waals surface area contributed by atoms with Gasteiger partial charge in [-0.15, -0.1) is 0 Å². The molecule has 0 aliphatic heterocycles. The van der Waals surface area contributed by atoms with Crippen molar-refractivity contribution in [2.24, 2.45) is 0 Å². The topological polar surface area (TPSA) is 40.5 Å². The normalized spacial score (nSPS) is 10.2. The van der Waals surface area contributed by atoms with Gasteiger partial charge in [-0.25, -0.2) is 0 Å². The first-order valence-electron chi connectivity index (χ1n) is 6.98. The minimum absolute atomic E-state index is 0.0237. The van der Waals surface area contributed by atoms with E-state index in [2.05, 4.69) is 0 Å². The van der Waals surface area contributed by atoms with Crippen LogP contribution in [0.15, 0.2) is 78.9 Å². The number of benzene rings is 3. The number of hydrogen-bond acceptors (Lipinski definition) is 3. The average Bonchev–Trinajstić information content (AvgIpc) is 2.57. The summed E-state index contributed by atoms with van der Waals surface area (Å²) in [7, 11) is 0. The molecule has 0 saturated heterocycles. The number of anilines is 3. The van der Waals surface area contributed by atoms with E-state index in [9.17, 15) is 9.90 Å². The number of nitrogens with zero attached hydrogens (tertiary/aromatic N) is 1. The number of rotatable bonds is 4. The van der Waals surface area contributed by atoms with E-state index in [4.69, 9.17) is 0 Å². The van der Waals surface area contributed by atoms with Crippen LogP contribution in [0.1, 0.15) is 10.4 Å². The summed E-state index contributed by atoms with van der Waals surface area (Å²) in [5.41, 5.74) is 3.03. The number of aldehydes is 1. The van der Waals surface area contributed by atoms with Crippen molar-refractivity contribution < 1.29 is 9.90 Å². The van der Waals surface area contributed by atoms with E-state index in [0.717, 1.165) is 17.1 Å². The van der Waals surface area contributed by atoms with Crippen LogP contribution < -0.4 is 4.90 Å². The summed E-state index contributed by atoms with van der Waals surface area (Å²) in [4.78, 5) is 12.9. The summed E-state index contributed by atoms with van der Waals surface area (Å²) in [5.74, 6) is -0.0237. The number of phenolic OH excluding ortho intramolecular Hbond substituents is 1. The van der Waals surface area contributed by atoms with Crippen LogP contribution in [0.2, 0.25) is 0 Å². The Bertz CT molecular complexity index is 730. The Morgan fingerprint density at radius 1 is 0.727 bits per heavy atom. The monoisotopic (exact) mass is 289 g/mol. The molecule has 0 heterocycles. The van der Waals surface area contributed by atoms with Crippen LogP contribution in [0.4, 0.5) is 17.1 Å². The zero-order valence-electron chi connectivity index (χ0n) is 11.9. The fraction of sp³-hybridized carbons (Fsp3) is 0. The molecule has 3 aromatic carbocycles. The van der Waals surface area contributed by atoms with Crippen LogP contribution in [0.3, 0.4) is 0 Å². The summed E-state index contributed by atoms with van der Waals surface area (Å²) in [6, 6.07) is 24.8. The third-order valence-electron chi connectivity index (χ3n) is 3.43. The van der Waals surface area contributed by atoms with Gasteiger partial charge in [0.15, 0.2) is 6.29 Å². The molecule has 0 aliphatic carbocycles. The van der Waals surface area contributed by atoms with E-state index in [1.807, 2.05) is 71.6 Å². The molecule has 0 bridgehead atoms. The summed E-state index contributed by atoms with van der Waals surface area (Å²) in [6.45, 7) is 0. The Morgan fingerprint density at radius 2 is 1.27 bits per heavy atom. The molecule has 0 unspecified atom stereocenters. The number of carbonyl (C=O) groups excluding carboxylic acids is 1. The van der Waals surface area contributed by atoms with Crippen molar-refractivity contribution in [2.75, 3.05) is 4.90 Å². The lowest BCUT2D eigenvalue weighted by Crippen LogP contribution is -2.09. The first kappa shape index (κ1) is 13.9. The maximum absolute atomic E-state index is 10.9. The maximum Gasteiger partial charge on any atom is 0.153 e. The maximum atomic E-state index is 10.9. The Kier molecular flexibility index (Phi) is 3.88. The highest BCUT2D eigenvalue weighted by molar-refractivity contribution is 5.83. The Morgan fingerprint density at radius 3 is 1.73 bits per heavy atom. The van der Waals surface area contributed by atoms with Crippen molar-refractivity contribution in [3.63, 3.8) is 0 Å². The van der Waals surface area contributed by atoms with E-state index >= 15 is 0 Å². The molecular formula is C19H15NO2. The molecule has 1 N–H and O–H groups in total. The molecule has 108 valence electrons. The fourth-order valence-corrected chi connectivity index (χ4v) is 2.37. The first-order valence-corrected chi connectivity index (χ1v) is 6.98. The fourth-order valence-electron chi connectivity index (χ4n) is 2.37. The quantitative estimate of drug-likeness (QED) is 0.709. The van der Waals surface area contributed by atoms with Gasteiger partial charge in [-0.1, -0.05) is 36.4 Å². The Balaban J connectivity index is 2.14. The molecule has 0 aliphatic rings. The number of aromatic hydroxyl groups is 1. The van der Waals surface area contributed by atoms with Gasteiger partial charge in [0.1, 0.15) is 5.75 Å². The first-order chi connectivity index (χ1) is 10.8. The summed E-state index contributed by atoms with van der Waals surface area (Å²) in [6.07, 6.45) is 0.647. The molecule has 3 aromatic rings. The minimum atomic E-state index is -0.0237. The van der Waals surface area contributed by atoms with Crippen molar-refractivity contribution in [2.45, 2.75) is 0 Å². The Hall–Kier alpha value is -3.07. The summed E-state index contributed by atoms with van der Waals surface area (Å²) < 4.78 is 0. The molecule has 0 radical (unpaired) electrons. The van der Waals surface area contributed by atoms with Crippen molar-refractivity contribution in [3.8, 4) is 5.75 Å². The zero-order valence-corrected chi connectivity index (χ0v) is 11.9. The van der Waals surface area contributed by atoms with E-state index in [1.54, 1.807) is 12.1 Å². The minimum Gasteiger partial charge on any atom is -0.507 e. The highest BCUT2D eigenvalue weighted by Crippen LogP contribution is 2.36. The molecule has 0 saturated carbocycles. The molecule has 0 atom stereocenters. The van der Waals surface area contributed by atoms with Gasteiger partial charge >= 0.3 is 0 Å². The number of phenols is 1. The smallest absolute Gasteiger partial charge is 0.153 e. The molecule has 3 nitrogen and oxygen atoms in total. The Labute approximate surface area is 129 Å². The molecule has 0 aromatic heterocycles. The molecule has 0 spiro atoms. The SMILES string of the molecule is O=Cc1ccc(N(c2ccccc2)c2ccccc2)cc1O. The average molecular weight is 289 g/mol. The number of hydrogen-bond donors (Lipinski definition) is 1. The second-order valence-electron chi connectivity index (χ2n) is 4.87. The molecule has 3 rings (SSSR count). The van der Waals surface area contributed by atoms with Gasteiger partial charge in [0.05, 0.1) is 5.56 Å². The van der Waals surface area contributed by atoms with Crippen LogP contribution in [-0.2, 0) is 0 Å². The predicted octanol–water partition coefficient (Wildman–Crippen LogP) is 4.67. The lowest BCUT2D eigenvalue weighted by Gasteiger charge is -2.25. The summed E-state index contributed by atoms with van der Waals surface area (Å²) >= 11 is 0. The van der Waals surface area contributed by atoms with Gasteiger partial charge in [-0.3, -0.25) is 4.79 Å². The number of carbonyl (C=O) groups is 1. The van der Waals surface area contributed by atoms with Crippen LogP contribution >= 0.6 is 0 Å². The van der Waals surface area contributed by atoms with Crippen molar-refractivity contribution in [1.82, 2.24) is 0 Å². The highest BCUT2D eigenvalue weighted by atomic mass is 16.3. The molecule has 3 heteroatoms. The van der Waals surface area contributed by atoms with E-state index in [-0.39, 0.29) is 11.3 Å². The van der Waals surface area contributed by atoms with E-state index in [0.29, 0.717) is 6.29 Å². The number of para-hydroxylation sites is 2. The largest absolute Gasteiger partial charge is 0.507 e. The molecule has 0 amide bonds. The van der Waals surface area contributed by atoms with Gasteiger partial charge in [0.25, 0.3) is 0 Å². The van der Waals surface area contributed by atoms with Crippen LogP contribution in [0.25, 0.3) is 0 Å². The molecule has 0 fully saturated rings. The highest BCUT2D eigenvalue weighted by Gasteiger charge is 2.13. The second kappa shape index (κ2) is 6.14. The van der Waals surface area contributed by atoms with Gasteiger partial charge in [0, 0.05) is 23.1 Å². The predicted molar refractivity (Wildman–Crippen MR) is 88.2 cm³/mol. The van der Waals surface area contributed by atoms with Gasteiger partial charge in [0.2, 0.25) is 0 Å². The second-order valence-corrected chi connectivity index (χ2v) is 4.87. The van der Waals surface area contributed by atoms with E-state index in [1.165, 1.54) is 0 Å². The van der Waals surface area contributed by atoms with Crippen LogP contribution in [-0.4, -0.2) is 11.4 Å². The van der Waals surface area contributed by atoms with Gasteiger partial charge in [-0.2, -0.15) is 0 Å². The van der Waals surface area contributed by atoms with Gasteiger partial charge < -0.3 is 10.0 Å². The third kappa shape index (κ3) is 2.69. The zero-order chi connectivity index (χ0) is 15.4. The lowest BCUT2D eigenvalue weighted by atomic mass is 10.1. The van der Waals surface area contributed by atoms with Crippen LogP contribution in [0, 0.1) is 0 Å². The van der Waals surface area contributed by atoms with Gasteiger partial charge in [-0.05, 0) is 36.4 Å². The van der Waals surface area contributed by atoms with Crippen molar-refractivity contribution in [3.05, 3.63) is 84.4 Å². The summed E-state index contributed by atoms with van der Waals surface area (Å²) in [5, 5.41) is 9.98. The van der Waals surface area contributed by atoms with Crippen LogP contribution in [0.5, 0.6) is 5.75 Å². The van der Waals surface area contributed by atoms with Crippen molar-refractivity contribution in [1.29, 1.82) is 0 Å².